The maximum absolute atomic E-state index is 13.0. The predicted molar refractivity (Wildman–Crippen MR) is 126 cm³/mol. The van der Waals surface area contributed by atoms with E-state index in [0.717, 1.165) is 24.0 Å². The molecule has 2 N–H and O–H groups in total. The molecule has 0 atom stereocenters. The van der Waals surface area contributed by atoms with Gasteiger partial charge in [-0.05, 0) is 47.9 Å². The lowest BCUT2D eigenvalue weighted by Crippen LogP contribution is -2.52. The van der Waals surface area contributed by atoms with Crippen LogP contribution < -0.4 is 5.32 Å². The largest absolute Gasteiger partial charge is 0.479 e. The van der Waals surface area contributed by atoms with Crippen molar-refractivity contribution in [3.63, 3.8) is 0 Å². The molecule has 3 aliphatic rings. The highest BCUT2D eigenvalue weighted by atomic mass is 16.5. The van der Waals surface area contributed by atoms with E-state index in [4.69, 9.17) is 4.74 Å². The van der Waals surface area contributed by atoms with E-state index in [1.807, 2.05) is 24.3 Å². The summed E-state index contributed by atoms with van der Waals surface area (Å²) in [6.45, 7) is 0.214. The highest BCUT2D eigenvalue weighted by Gasteiger charge is 2.56. The van der Waals surface area contributed by atoms with Crippen molar-refractivity contribution in [1.82, 2.24) is 10.2 Å². The number of carboxylic acids is 1. The van der Waals surface area contributed by atoms with Gasteiger partial charge in [0, 0.05) is 13.0 Å². The van der Waals surface area contributed by atoms with Gasteiger partial charge in [0.25, 0.3) is 0 Å². The Bertz CT molecular complexity index is 1090. The number of likely N-dealkylation sites (N-methyl/N-ethyl adjacent to an activating group) is 1. The van der Waals surface area contributed by atoms with E-state index in [1.165, 1.54) is 16.0 Å². The Labute approximate surface area is 199 Å². The Morgan fingerprint density at radius 2 is 1.53 bits per heavy atom. The summed E-state index contributed by atoms with van der Waals surface area (Å²) in [4.78, 5) is 38.9. The number of carbonyl (C=O) groups is 3. The minimum absolute atomic E-state index is 0.0317. The molecule has 0 aromatic heterocycles. The lowest BCUT2D eigenvalue weighted by Gasteiger charge is -2.33. The molecular formula is C27H30N2O5. The van der Waals surface area contributed by atoms with Crippen LogP contribution in [0, 0.1) is 0 Å². The van der Waals surface area contributed by atoms with Crippen LogP contribution in [0.15, 0.2) is 48.5 Å². The van der Waals surface area contributed by atoms with Crippen LogP contribution in [-0.4, -0.2) is 52.7 Å². The molecule has 2 aromatic rings. The van der Waals surface area contributed by atoms with Crippen molar-refractivity contribution in [3.8, 4) is 11.1 Å². The number of nitrogens with one attached hydrogen (secondary N) is 1. The van der Waals surface area contributed by atoms with Crippen molar-refractivity contribution in [1.29, 1.82) is 0 Å². The topological polar surface area (TPSA) is 95.9 Å². The second-order valence-corrected chi connectivity index (χ2v) is 9.90. The van der Waals surface area contributed by atoms with E-state index in [0.29, 0.717) is 25.7 Å². The van der Waals surface area contributed by atoms with Crippen LogP contribution in [0.25, 0.3) is 11.1 Å². The molecular weight excluding hydrogens is 432 g/mol. The number of alkyl carbamates (subject to hydrolysis) is 1. The first-order chi connectivity index (χ1) is 16.4. The molecule has 2 aromatic carbocycles. The maximum Gasteiger partial charge on any atom is 0.407 e. The van der Waals surface area contributed by atoms with E-state index in [2.05, 4.69) is 29.6 Å². The van der Waals surface area contributed by atoms with Gasteiger partial charge < -0.3 is 20.1 Å². The second kappa shape index (κ2) is 8.46. The van der Waals surface area contributed by atoms with Crippen molar-refractivity contribution in [2.45, 2.75) is 61.9 Å². The predicted octanol–water partition coefficient (Wildman–Crippen LogP) is 4.30. The summed E-state index contributed by atoms with van der Waals surface area (Å²) in [5, 5.41) is 12.5. The lowest BCUT2D eigenvalue weighted by molar-refractivity contribution is -0.151. The summed E-state index contributed by atoms with van der Waals surface area (Å²) >= 11 is 0. The summed E-state index contributed by atoms with van der Waals surface area (Å²) in [5.41, 5.74) is 2.85. The first-order valence-electron chi connectivity index (χ1n) is 12.0. The Morgan fingerprint density at radius 3 is 2.06 bits per heavy atom. The van der Waals surface area contributed by atoms with Crippen LogP contribution in [0.5, 0.6) is 0 Å². The van der Waals surface area contributed by atoms with Crippen molar-refractivity contribution in [2.24, 2.45) is 0 Å². The van der Waals surface area contributed by atoms with Crippen LogP contribution >= 0.6 is 0 Å². The lowest BCUT2D eigenvalue weighted by atomic mass is 9.92. The van der Waals surface area contributed by atoms with Gasteiger partial charge in [-0.1, -0.05) is 61.4 Å². The zero-order valence-corrected chi connectivity index (χ0v) is 19.4. The number of benzene rings is 2. The van der Waals surface area contributed by atoms with Gasteiger partial charge in [0.1, 0.15) is 12.1 Å². The number of carboxylic acid groups (broad SMARTS) is 1. The fourth-order valence-corrected chi connectivity index (χ4v) is 5.71. The normalized spacial score (nSPS) is 19.1. The van der Waals surface area contributed by atoms with Gasteiger partial charge in [-0.25, -0.2) is 9.59 Å². The van der Waals surface area contributed by atoms with Crippen molar-refractivity contribution in [2.75, 3.05) is 13.7 Å². The molecule has 0 heterocycles. The monoisotopic (exact) mass is 462 g/mol. The first kappa shape index (κ1) is 22.4. The van der Waals surface area contributed by atoms with Crippen LogP contribution in [0.4, 0.5) is 4.79 Å². The molecule has 0 saturated heterocycles. The number of rotatable bonds is 7. The Kier molecular flexibility index (Phi) is 5.58. The van der Waals surface area contributed by atoms with Gasteiger partial charge in [0.15, 0.2) is 0 Å². The standard InChI is InChI=1S/C27H30N2O5/c1-29(27(14-15-27)24(31)32)23(30)16-26(12-6-7-13-26)28-25(33)34-17-22-20-10-4-2-8-18(20)19-9-3-5-11-21(19)22/h2-5,8-11,22H,6-7,12-17H2,1H3,(H,28,33)(H,31,32). The molecule has 0 bridgehead atoms. The third-order valence-electron chi connectivity index (χ3n) is 7.90. The maximum atomic E-state index is 13.0. The highest BCUT2D eigenvalue weighted by molar-refractivity contribution is 5.90. The molecule has 3 aliphatic carbocycles. The molecule has 0 unspecified atom stereocenters. The minimum atomic E-state index is -1.08. The van der Waals surface area contributed by atoms with Crippen LogP contribution in [0.2, 0.25) is 0 Å². The third-order valence-corrected chi connectivity index (χ3v) is 7.90. The van der Waals surface area contributed by atoms with Gasteiger partial charge in [0.05, 0.1) is 12.0 Å². The molecule has 2 fully saturated rings. The Morgan fingerprint density at radius 1 is 0.971 bits per heavy atom. The molecule has 7 heteroatoms. The number of hydrogen-bond acceptors (Lipinski definition) is 4. The molecule has 34 heavy (non-hydrogen) atoms. The van der Waals surface area contributed by atoms with E-state index in [9.17, 15) is 19.5 Å². The number of ether oxygens (including phenoxy) is 1. The molecule has 0 aliphatic heterocycles. The number of nitrogens with zero attached hydrogens (tertiary/aromatic N) is 1. The summed E-state index contributed by atoms with van der Waals surface area (Å²) in [5.74, 6) is -1.25. The molecule has 2 saturated carbocycles. The van der Waals surface area contributed by atoms with E-state index in [-0.39, 0.29) is 24.9 Å². The fraction of sp³-hybridized carbons (Fsp3) is 0.444. The molecule has 0 spiro atoms. The molecule has 0 radical (unpaired) electrons. The summed E-state index contributed by atoms with van der Waals surface area (Å²) in [6, 6.07) is 16.4. The SMILES string of the molecule is CN(C(=O)CC1(NC(=O)OCC2c3ccccc3-c3ccccc32)CCCC1)C1(C(=O)O)CC1. The van der Waals surface area contributed by atoms with Crippen LogP contribution in [-0.2, 0) is 14.3 Å². The number of hydrogen-bond donors (Lipinski definition) is 2. The summed E-state index contributed by atoms with van der Waals surface area (Å²) < 4.78 is 5.72. The third kappa shape index (κ3) is 3.83. The van der Waals surface area contributed by atoms with E-state index in [1.54, 1.807) is 7.05 Å². The minimum Gasteiger partial charge on any atom is -0.479 e. The highest BCUT2D eigenvalue weighted by Crippen LogP contribution is 2.45. The van der Waals surface area contributed by atoms with Gasteiger partial charge >= 0.3 is 12.1 Å². The van der Waals surface area contributed by atoms with Crippen LogP contribution in [0.3, 0.4) is 0 Å². The van der Waals surface area contributed by atoms with E-state index < -0.39 is 23.1 Å². The molecule has 5 rings (SSSR count). The average molecular weight is 463 g/mol. The summed E-state index contributed by atoms with van der Waals surface area (Å²) in [6.07, 6.45) is 3.67. The molecule has 7 nitrogen and oxygen atoms in total. The number of carbonyl (C=O) groups excluding carboxylic acids is 2. The molecule has 2 amide bonds. The number of fused-ring (bicyclic) bond motifs is 3. The zero-order chi connectivity index (χ0) is 23.9. The van der Waals surface area contributed by atoms with Crippen LogP contribution in [0.1, 0.15) is 62.0 Å². The second-order valence-electron chi connectivity index (χ2n) is 9.90. The van der Waals surface area contributed by atoms with Gasteiger partial charge in [-0.3, -0.25) is 4.79 Å². The van der Waals surface area contributed by atoms with Crippen molar-refractivity contribution >= 4 is 18.0 Å². The number of aliphatic carboxylic acids is 1. The fourth-order valence-electron chi connectivity index (χ4n) is 5.71. The van der Waals surface area contributed by atoms with E-state index >= 15 is 0 Å². The average Bonchev–Trinajstić information content (AvgIpc) is 3.43. The van der Waals surface area contributed by atoms with Gasteiger partial charge in [0.2, 0.25) is 5.91 Å². The Balaban J connectivity index is 1.25. The van der Waals surface area contributed by atoms with Gasteiger partial charge in [-0.15, -0.1) is 0 Å². The quantitative estimate of drug-likeness (QED) is 0.640. The Hall–Kier alpha value is -3.35. The van der Waals surface area contributed by atoms with Gasteiger partial charge in [-0.2, -0.15) is 0 Å². The van der Waals surface area contributed by atoms with Crippen molar-refractivity contribution < 1.29 is 24.2 Å². The summed E-state index contributed by atoms with van der Waals surface area (Å²) in [7, 11) is 1.55. The van der Waals surface area contributed by atoms with Crippen molar-refractivity contribution in [3.05, 3.63) is 59.7 Å². The zero-order valence-electron chi connectivity index (χ0n) is 19.4. The number of amides is 2. The molecule has 178 valence electrons. The first-order valence-corrected chi connectivity index (χ1v) is 12.0. The smallest absolute Gasteiger partial charge is 0.407 e.